The van der Waals surface area contributed by atoms with Crippen LogP contribution in [0.3, 0.4) is 0 Å². The molecule has 1 fully saturated rings. The van der Waals surface area contributed by atoms with Crippen molar-refractivity contribution in [2.24, 2.45) is 0 Å². The van der Waals surface area contributed by atoms with Crippen LogP contribution in [0.2, 0.25) is 18.1 Å². The van der Waals surface area contributed by atoms with E-state index in [1.54, 1.807) is 72.8 Å². The van der Waals surface area contributed by atoms with Crippen LogP contribution in [0.15, 0.2) is 78.9 Å². The third-order valence-corrected chi connectivity index (χ3v) is 15.3. The molecular formula is C34H41NO8Si. The summed E-state index contributed by atoms with van der Waals surface area (Å²) in [4.78, 5) is 28.7. The number of amides is 2. The maximum Gasteiger partial charge on any atom is 0.262 e. The number of imide groups is 1. The average Bonchev–Trinajstić information content (AvgIpc) is 3.24. The SMILES string of the molecule is COc1ccc(O[C@H]2O[C@H](C(O)[Si](C)(C)C(C)(C)C)[C@@H](O)[C@@](O)(Cc3ccccc3)[C@@H]2N2C(=O)c3ccccc3C2=O)cc1. The molecule has 44 heavy (non-hydrogen) atoms. The number of fused-ring (bicyclic) bond motifs is 1. The van der Waals surface area contributed by atoms with E-state index in [1.165, 1.54) is 7.11 Å². The Kier molecular flexibility index (Phi) is 8.51. The first-order valence-corrected chi connectivity index (χ1v) is 17.8. The molecular weight excluding hydrogens is 578 g/mol. The number of methoxy groups -OCH3 is 1. The molecule has 5 rings (SSSR count). The Balaban J connectivity index is 1.67. The predicted octanol–water partition coefficient (Wildman–Crippen LogP) is 4.21. The van der Waals surface area contributed by atoms with Crippen molar-refractivity contribution in [1.82, 2.24) is 4.90 Å². The molecule has 2 aliphatic heterocycles. The lowest BCUT2D eigenvalue weighted by atomic mass is 9.77. The Morgan fingerprint density at radius 1 is 0.909 bits per heavy atom. The quantitative estimate of drug-likeness (QED) is 0.253. The van der Waals surface area contributed by atoms with E-state index in [2.05, 4.69) is 0 Å². The first kappa shape index (κ1) is 31.9. The second-order valence-corrected chi connectivity index (χ2v) is 18.8. The number of rotatable bonds is 8. The summed E-state index contributed by atoms with van der Waals surface area (Å²) in [6.45, 7) is 10.1. The van der Waals surface area contributed by atoms with Crippen LogP contribution in [0.25, 0.3) is 0 Å². The Labute approximate surface area is 259 Å². The lowest BCUT2D eigenvalue weighted by Crippen LogP contribution is -2.76. The summed E-state index contributed by atoms with van der Waals surface area (Å²) in [6, 6.07) is 20.6. The van der Waals surface area contributed by atoms with Gasteiger partial charge in [0.15, 0.2) is 0 Å². The number of ether oxygens (including phenoxy) is 3. The number of aliphatic hydroxyl groups is 3. The molecule has 2 amide bonds. The van der Waals surface area contributed by atoms with Crippen LogP contribution in [0.4, 0.5) is 0 Å². The topological polar surface area (TPSA) is 126 Å². The number of aliphatic hydroxyl groups excluding tert-OH is 2. The van der Waals surface area contributed by atoms with Gasteiger partial charge in [-0.2, -0.15) is 0 Å². The summed E-state index contributed by atoms with van der Waals surface area (Å²) in [5, 5.41) is 36.5. The van der Waals surface area contributed by atoms with Gasteiger partial charge in [0.25, 0.3) is 11.8 Å². The van der Waals surface area contributed by atoms with Gasteiger partial charge in [-0.3, -0.25) is 14.5 Å². The van der Waals surface area contributed by atoms with E-state index in [0.29, 0.717) is 17.1 Å². The normalized spacial score (nSPS) is 26.3. The van der Waals surface area contributed by atoms with Gasteiger partial charge in [-0.1, -0.05) is 76.3 Å². The van der Waals surface area contributed by atoms with Gasteiger partial charge in [0.2, 0.25) is 6.29 Å². The molecule has 234 valence electrons. The zero-order valence-electron chi connectivity index (χ0n) is 25.9. The molecule has 3 N–H and O–H groups in total. The summed E-state index contributed by atoms with van der Waals surface area (Å²) < 4.78 is 18.0. The van der Waals surface area contributed by atoms with E-state index in [9.17, 15) is 24.9 Å². The smallest absolute Gasteiger partial charge is 0.262 e. The zero-order valence-corrected chi connectivity index (χ0v) is 26.9. The minimum Gasteiger partial charge on any atom is -0.497 e. The molecule has 0 aromatic heterocycles. The molecule has 1 saturated heterocycles. The largest absolute Gasteiger partial charge is 0.497 e. The Hall–Kier alpha value is -3.54. The van der Waals surface area contributed by atoms with Crippen molar-refractivity contribution in [3.63, 3.8) is 0 Å². The van der Waals surface area contributed by atoms with Crippen molar-refractivity contribution < 1.29 is 39.1 Å². The van der Waals surface area contributed by atoms with Crippen molar-refractivity contribution >= 4 is 19.9 Å². The number of benzene rings is 3. The third kappa shape index (κ3) is 5.45. The van der Waals surface area contributed by atoms with E-state index >= 15 is 0 Å². The highest BCUT2D eigenvalue weighted by Gasteiger charge is 2.64. The van der Waals surface area contributed by atoms with Gasteiger partial charge in [-0.25, -0.2) is 0 Å². The van der Waals surface area contributed by atoms with Gasteiger partial charge in [0.05, 0.1) is 32.0 Å². The molecule has 10 heteroatoms. The first-order chi connectivity index (χ1) is 20.7. The molecule has 0 bridgehead atoms. The van der Waals surface area contributed by atoms with Crippen molar-refractivity contribution in [2.45, 2.75) is 81.2 Å². The predicted molar refractivity (Wildman–Crippen MR) is 167 cm³/mol. The van der Waals surface area contributed by atoms with Gasteiger partial charge in [0.1, 0.15) is 35.3 Å². The van der Waals surface area contributed by atoms with Crippen LogP contribution in [0, 0.1) is 0 Å². The average molecular weight is 620 g/mol. The fraction of sp³-hybridized carbons (Fsp3) is 0.412. The van der Waals surface area contributed by atoms with Gasteiger partial charge in [-0.05, 0) is 47.0 Å². The van der Waals surface area contributed by atoms with Gasteiger partial charge in [-0.15, -0.1) is 0 Å². The third-order valence-electron chi connectivity index (χ3n) is 9.61. The molecule has 0 spiro atoms. The monoisotopic (exact) mass is 619 g/mol. The second-order valence-electron chi connectivity index (χ2n) is 13.2. The summed E-state index contributed by atoms with van der Waals surface area (Å²) in [6.07, 6.45) is -4.59. The number of carbonyl (C=O) groups excluding carboxylic acids is 2. The van der Waals surface area contributed by atoms with Crippen LogP contribution >= 0.6 is 0 Å². The van der Waals surface area contributed by atoms with Crippen molar-refractivity contribution in [3.05, 3.63) is 95.6 Å². The number of hydrogen-bond donors (Lipinski definition) is 3. The molecule has 2 aliphatic rings. The molecule has 3 aromatic rings. The van der Waals surface area contributed by atoms with E-state index in [4.69, 9.17) is 14.2 Å². The van der Waals surface area contributed by atoms with E-state index < -0.39 is 55.8 Å². The van der Waals surface area contributed by atoms with Gasteiger partial charge >= 0.3 is 0 Å². The first-order valence-electron chi connectivity index (χ1n) is 14.8. The molecule has 2 heterocycles. The number of carbonyl (C=O) groups is 2. The maximum absolute atomic E-state index is 13.9. The van der Waals surface area contributed by atoms with Crippen LogP contribution in [-0.2, 0) is 11.2 Å². The number of nitrogens with zero attached hydrogens (tertiary/aromatic N) is 1. The Morgan fingerprint density at radius 3 is 1.95 bits per heavy atom. The van der Waals surface area contributed by atoms with Crippen molar-refractivity contribution in [1.29, 1.82) is 0 Å². The second kappa shape index (κ2) is 11.8. The Morgan fingerprint density at radius 2 is 1.43 bits per heavy atom. The van der Waals surface area contributed by atoms with Crippen molar-refractivity contribution in [2.75, 3.05) is 7.11 Å². The summed E-state index contributed by atoms with van der Waals surface area (Å²) >= 11 is 0. The van der Waals surface area contributed by atoms with Crippen LogP contribution in [0.5, 0.6) is 11.5 Å². The lowest BCUT2D eigenvalue weighted by Gasteiger charge is -2.55. The molecule has 3 aromatic carbocycles. The molecule has 0 saturated carbocycles. The standard InChI is InChI=1S/C34H41NO8Si/c1-33(2,3)44(5,6)31(39)26-28(36)34(40,20-21-12-8-7-9-13-21)27(32(43-26)42-23-18-16-22(41-4)17-19-23)35-29(37)24-14-10-11-15-25(24)30(35)38/h7-19,26-28,31-32,36,39-40H,20H2,1-6H3/t26-,27+,28+,31?,32-,34+/m0/s1. The summed E-state index contributed by atoms with van der Waals surface area (Å²) in [5.41, 5.74) is -2.31. The van der Waals surface area contributed by atoms with Crippen LogP contribution < -0.4 is 9.47 Å². The Bertz CT molecular complexity index is 1470. The van der Waals surface area contributed by atoms with E-state index in [1.807, 2.05) is 39.9 Å². The van der Waals surface area contributed by atoms with Crippen LogP contribution in [-0.4, -0.2) is 83.1 Å². The van der Waals surface area contributed by atoms with E-state index in [0.717, 1.165) is 4.90 Å². The van der Waals surface area contributed by atoms with E-state index in [-0.39, 0.29) is 22.6 Å². The van der Waals surface area contributed by atoms with Gasteiger partial charge in [0, 0.05) is 6.42 Å². The molecule has 0 radical (unpaired) electrons. The highest BCUT2D eigenvalue weighted by molar-refractivity contribution is 6.81. The minimum atomic E-state index is -2.62. The highest BCUT2D eigenvalue weighted by atomic mass is 28.3. The molecule has 1 unspecified atom stereocenters. The summed E-state index contributed by atoms with van der Waals surface area (Å²) in [7, 11) is -1.08. The lowest BCUT2D eigenvalue weighted by molar-refractivity contribution is -0.294. The minimum absolute atomic E-state index is 0.153. The zero-order chi connectivity index (χ0) is 32.0. The molecule has 0 aliphatic carbocycles. The fourth-order valence-corrected chi connectivity index (χ4v) is 7.89. The van der Waals surface area contributed by atoms with Crippen molar-refractivity contribution in [3.8, 4) is 11.5 Å². The fourth-order valence-electron chi connectivity index (χ4n) is 5.92. The van der Waals surface area contributed by atoms with Gasteiger partial charge < -0.3 is 29.5 Å². The summed E-state index contributed by atoms with van der Waals surface area (Å²) in [5.74, 6) is -0.369. The molecule has 6 atom stereocenters. The molecule has 9 nitrogen and oxygen atoms in total. The maximum atomic E-state index is 13.9. The van der Waals surface area contributed by atoms with Crippen LogP contribution in [0.1, 0.15) is 47.1 Å². The number of hydrogen-bond acceptors (Lipinski definition) is 8. The highest BCUT2D eigenvalue weighted by Crippen LogP contribution is 2.45.